The Kier molecular flexibility index (Phi) is 13.8. The van der Waals surface area contributed by atoms with Crippen LogP contribution in [0.3, 0.4) is 0 Å². The van der Waals surface area contributed by atoms with Crippen molar-refractivity contribution in [3.05, 3.63) is 64.7 Å². The number of nitrogens with zero attached hydrogens (tertiary/aromatic N) is 3. The molecular formula is C29H33Cl2F6N3O2S. The molecule has 5 nitrogen and oxygen atoms in total. The lowest BCUT2D eigenvalue weighted by Gasteiger charge is -2.41. The third-order valence-corrected chi connectivity index (χ3v) is 8.07. The first-order valence-electron chi connectivity index (χ1n) is 13.2. The van der Waals surface area contributed by atoms with E-state index in [1.165, 1.54) is 12.0 Å². The number of benzene rings is 2. The minimum atomic E-state index is -5.04. The fourth-order valence-corrected chi connectivity index (χ4v) is 5.86. The Balaban J connectivity index is 0.00000323. The Labute approximate surface area is 264 Å². The third kappa shape index (κ3) is 10.4. The van der Waals surface area contributed by atoms with E-state index in [9.17, 15) is 31.1 Å². The molecule has 2 aromatic rings. The molecular weight excluding hydrogens is 639 g/mol. The Bertz CT molecular complexity index is 1230. The first-order chi connectivity index (χ1) is 19.4. The van der Waals surface area contributed by atoms with Crippen molar-refractivity contribution < 1.29 is 35.9 Å². The van der Waals surface area contributed by atoms with Gasteiger partial charge in [-0.05, 0) is 42.3 Å². The highest BCUT2D eigenvalue weighted by Crippen LogP contribution is 2.37. The number of thioether (sulfide) groups is 1. The lowest BCUT2D eigenvalue weighted by molar-refractivity contribution is -0.143. The van der Waals surface area contributed by atoms with Crippen LogP contribution in [-0.4, -0.2) is 91.1 Å². The molecule has 0 aromatic heterocycles. The van der Waals surface area contributed by atoms with Crippen LogP contribution in [0.2, 0.25) is 0 Å². The highest BCUT2D eigenvalue weighted by molar-refractivity contribution is 7.99. The van der Waals surface area contributed by atoms with Crippen LogP contribution in [0.25, 0.3) is 0 Å². The van der Waals surface area contributed by atoms with E-state index in [-0.39, 0.29) is 37.4 Å². The van der Waals surface area contributed by atoms with E-state index in [0.717, 1.165) is 30.2 Å². The van der Waals surface area contributed by atoms with Gasteiger partial charge in [-0.2, -0.15) is 38.1 Å². The maximum absolute atomic E-state index is 13.5. The number of halogens is 8. The summed E-state index contributed by atoms with van der Waals surface area (Å²) < 4.78 is 85.9. The van der Waals surface area contributed by atoms with Crippen LogP contribution >= 0.6 is 36.6 Å². The molecule has 2 aromatic carbocycles. The topological polar surface area (TPSA) is 36.0 Å². The Morgan fingerprint density at radius 3 is 1.95 bits per heavy atom. The van der Waals surface area contributed by atoms with Crippen LogP contribution in [0.1, 0.15) is 27.0 Å². The molecule has 43 heavy (non-hydrogen) atoms. The molecule has 0 unspecified atom stereocenters. The van der Waals surface area contributed by atoms with E-state index in [4.69, 9.17) is 4.74 Å². The molecule has 238 valence electrons. The molecule has 2 aliphatic rings. The van der Waals surface area contributed by atoms with Gasteiger partial charge in [0.05, 0.1) is 31.3 Å². The monoisotopic (exact) mass is 671 g/mol. The third-order valence-electron chi connectivity index (χ3n) is 7.13. The van der Waals surface area contributed by atoms with Crippen molar-refractivity contribution in [1.29, 1.82) is 0 Å². The smallest absolute Gasteiger partial charge is 0.416 e. The predicted octanol–water partition coefficient (Wildman–Crippen LogP) is 6.00. The van der Waals surface area contributed by atoms with Gasteiger partial charge < -0.3 is 9.64 Å². The van der Waals surface area contributed by atoms with E-state index in [1.807, 2.05) is 23.9 Å². The van der Waals surface area contributed by atoms with Crippen molar-refractivity contribution in [3.63, 3.8) is 0 Å². The van der Waals surface area contributed by atoms with Crippen molar-refractivity contribution in [2.24, 2.45) is 0 Å². The zero-order chi connectivity index (χ0) is 29.6. The molecule has 2 heterocycles. The zero-order valence-electron chi connectivity index (χ0n) is 23.3. The lowest BCUT2D eigenvalue weighted by Crippen LogP contribution is -2.56. The predicted molar refractivity (Wildman–Crippen MR) is 160 cm³/mol. The summed E-state index contributed by atoms with van der Waals surface area (Å²) in [4.78, 5) is 19.3. The highest BCUT2D eigenvalue weighted by Gasteiger charge is 2.39. The first kappa shape index (κ1) is 36.9. The number of rotatable bonds is 6. The fourth-order valence-electron chi connectivity index (χ4n) is 4.88. The summed E-state index contributed by atoms with van der Waals surface area (Å²) in [6, 6.07) is 7.70. The average Bonchev–Trinajstić information content (AvgIpc) is 2.95. The van der Waals surface area contributed by atoms with Crippen molar-refractivity contribution in [1.82, 2.24) is 14.7 Å². The average molecular weight is 673 g/mol. The van der Waals surface area contributed by atoms with Gasteiger partial charge in [-0.3, -0.25) is 14.6 Å². The van der Waals surface area contributed by atoms with Crippen LogP contribution in [-0.2, 0) is 18.8 Å². The van der Waals surface area contributed by atoms with Crippen molar-refractivity contribution in [2.45, 2.75) is 24.8 Å². The van der Waals surface area contributed by atoms with E-state index in [2.05, 4.69) is 21.6 Å². The van der Waals surface area contributed by atoms with Crippen LogP contribution in [0, 0.1) is 11.8 Å². The van der Waals surface area contributed by atoms with Gasteiger partial charge in [0.2, 0.25) is 0 Å². The number of amides is 1. The molecule has 2 fully saturated rings. The maximum atomic E-state index is 13.5. The Hall–Kier alpha value is -2.30. The molecule has 0 bridgehead atoms. The molecule has 2 aliphatic heterocycles. The number of carbonyl (C=O) groups is 1. The van der Waals surface area contributed by atoms with E-state index >= 15 is 0 Å². The second-order valence-electron chi connectivity index (χ2n) is 9.98. The summed E-state index contributed by atoms with van der Waals surface area (Å²) in [6.07, 6.45) is -9.72. The fraction of sp³-hybridized carbons (Fsp3) is 0.483. The lowest BCUT2D eigenvalue weighted by atomic mass is 9.99. The van der Waals surface area contributed by atoms with E-state index in [1.54, 1.807) is 12.1 Å². The van der Waals surface area contributed by atoms with Crippen LogP contribution < -0.4 is 4.74 Å². The quantitative estimate of drug-likeness (QED) is 0.278. The van der Waals surface area contributed by atoms with Gasteiger partial charge in [0.1, 0.15) is 5.75 Å². The second-order valence-corrected chi connectivity index (χ2v) is 11.2. The summed E-state index contributed by atoms with van der Waals surface area (Å²) in [5.74, 6) is 8.32. The maximum Gasteiger partial charge on any atom is 0.416 e. The molecule has 0 spiro atoms. The molecule has 1 amide bonds. The summed E-state index contributed by atoms with van der Waals surface area (Å²) in [6.45, 7) is 4.02. The van der Waals surface area contributed by atoms with Crippen molar-refractivity contribution in [3.8, 4) is 17.6 Å². The molecule has 0 radical (unpaired) electrons. The van der Waals surface area contributed by atoms with Gasteiger partial charge in [0.25, 0.3) is 5.91 Å². The number of carbonyl (C=O) groups excluding carboxylic acids is 1. The molecule has 0 N–H and O–H groups in total. The van der Waals surface area contributed by atoms with Gasteiger partial charge >= 0.3 is 12.4 Å². The molecule has 1 atom stereocenters. The number of alkyl halides is 6. The number of ether oxygens (including phenoxy) is 1. The first-order valence-corrected chi connectivity index (χ1v) is 14.3. The molecule has 0 saturated carbocycles. The molecule has 4 rings (SSSR count). The summed E-state index contributed by atoms with van der Waals surface area (Å²) in [7, 11) is 1.53. The van der Waals surface area contributed by atoms with Crippen LogP contribution in [0.4, 0.5) is 26.3 Å². The van der Waals surface area contributed by atoms with Gasteiger partial charge in [0.15, 0.2) is 0 Å². The van der Waals surface area contributed by atoms with E-state index < -0.39 is 41.0 Å². The second kappa shape index (κ2) is 16.1. The Morgan fingerprint density at radius 2 is 1.42 bits per heavy atom. The largest absolute Gasteiger partial charge is 0.497 e. The van der Waals surface area contributed by atoms with Gasteiger partial charge in [-0.15, -0.1) is 24.8 Å². The highest BCUT2D eigenvalue weighted by atomic mass is 35.5. The standard InChI is InChI=1S/C29H31F6N3O2S.2ClH/c1-40-26-6-4-21(5-7-26)16-25-20-37(9-3-2-8-36-12-14-41-15-13-36)10-11-38(25)27(39)22-17-23(28(30,31)32)19-24(18-22)29(33,34)35;;/h4-7,17-19,25H,8-16,20H2,1H3;2*1H/t25-;;/m1../s1. The van der Waals surface area contributed by atoms with Gasteiger partial charge in [-0.1, -0.05) is 24.0 Å². The van der Waals surface area contributed by atoms with Crippen LogP contribution in [0.15, 0.2) is 42.5 Å². The summed E-state index contributed by atoms with van der Waals surface area (Å²) in [5.41, 5.74) is -2.81. The molecule has 0 aliphatic carbocycles. The van der Waals surface area contributed by atoms with Crippen molar-refractivity contribution in [2.75, 3.05) is 64.4 Å². The van der Waals surface area contributed by atoms with Crippen molar-refractivity contribution >= 4 is 42.5 Å². The minimum absolute atomic E-state index is 0. The number of methoxy groups -OCH3 is 1. The number of hydrogen-bond donors (Lipinski definition) is 0. The van der Waals surface area contributed by atoms with Crippen LogP contribution in [0.5, 0.6) is 5.75 Å². The zero-order valence-corrected chi connectivity index (χ0v) is 25.8. The summed E-state index contributed by atoms with van der Waals surface area (Å²) >= 11 is 1.92. The van der Waals surface area contributed by atoms with Gasteiger partial charge in [0, 0.05) is 55.8 Å². The molecule has 14 heteroatoms. The molecule has 2 saturated heterocycles. The Morgan fingerprint density at radius 1 is 0.860 bits per heavy atom. The van der Waals surface area contributed by atoms with Gasteiger partial charge in [-0.25, -0.2) is 0 Å². The SMILES string of the molecule is COc1ccc(C[C@@H]2CN(CC#CCN3CCSCC3)CCN2C(=O)c2cc(C(F)(F)F)cc(C(F)(F)F)c2)cc1.Cl.Cl. The normalized spacial score (nSPS) is 18.1. The van der Waals surface area contributed by atoms with E-state index in [0.29, 0.717) is 50.5 Å². The minimum Gasteiger partial charge on any atom is -0.497 e. The number of piperazine rings is 1. The summed E-state index contributed by atoms with van der Waals surface area (Å²) in [5, 5.41) is 0. The number of hydrogen-bond acceptors (Lipinski definition) is 5.